The summed E-state index contributed by atoms with van der Waals surface area (Å²) in [4.78, 5) is 21.3. The van der Waals surface area contributed by atoms with Crippen LogP contribution in [0.4, 0.5) is 0 Å². The van der Waals surface area contributed by atoms with Crippen LogP contribution in [0.3, 0.4) is 0 Å². The van der Waals surface area contributed by atoms with E-state index in [1.807, 2.05) is 6.92 Å². The summed E-state index contributed by atoms with van der Waals surface area (Å²) in [6, 6.07) is 0. The molecule has 16 heavy (non-hydrogen) atoms. The van der Waals surface area contributed by atoms with Crippen molar-refractivity contribution >= 4 is 5.97 Å². The number of ether oxygens (including phenoxy) is 1. The topological polar surface area (TPSA) is 69.4 Å². The lowest BCUT2D eigenvalue weighted by molar-refractivity contribution is -0.428. The van der Waals surface area contributed by atoms with Gasteiger partial charge in [-0.25, -0.2) is 0 Å². The fourth-order valence-electron chi connectivity index (χ4n) is 1.20. The summed E-state index contributed by atoms with van der Waals surface area (Å²) >= 11 is 0. The predicted molar refractivity (Wildman–Crippen MR) is 60.5 cm³/mol. The Hall–Kier alpha value is -1.39. The number of esters is 1. The van der Waals surface area contributed by atoms with E-state index in [2.05, 4.69) is 0 Å². The number of rotatable bonds is 8. The van der Waals surface area contributed by atoms with Gasteiger partial charge in [0.15, 0.2) is 0 Å². The van der Waals surface area contributed by atoms with E-state index in [-0.39, 0.29) is 24.5 Å². The van der Waals surface area contributed by atoms with Gasteiger partial charge in [0.05, 0.1) is 18.0 Å². The number of allylic oxidation sites excluding steroid dienone is 2. The summed E-state index contributed by atoms with van der Waals surface area (Å²) in [5.41, 5.74) is 0.113. The van der Waals surface area contributed by atoms with Gasteiger partial charge in [0.25, 0.3) is 0 Å². The third-order valence-corrected chi connectivity index (χ3v) is 2.06. The van der Waals surface area contributed by atoms with Crippen molar-refractivity contribution in [1.29, 1.82) is 0 Å². The molecule has 0 aliphatic rings. The first-order chi connectivity index (χ1) is 7.61. The zero-order chi connectivity index (χ0) is 12.4. The lowest BCUT2D eigenvalue weighted by Crippen LogP contribution is -2.07. The fourth-order valence-corrected chi connectivity index (χ4v) is 1.20. The molecule has 0 saturated carbocycles. The monoisotopic (exact) mass is 229 g/mol. The van der Waals surface area contributed by atoms with E-state index in [1.165, 1.54) is 0 Å². The number of nitrogens with zero attached hydrogens (tertiary/aromatic N) is 1. The Bertz CT molecular complexity index is 261. The van der Waals surface area contributed by atoms with Crippen molar-refractivity contribution in [2.24, 2.45) is 0 Å². The maximum Gasteiger partial charge on any atom is 0.306 e. The van der Waals surface area contributed by atoms with Gasteiger partial charge in [-0.3, -0.25) is 14.9 Å². The van der Waals surface area contributed by atoms with Gasteiger partial charge in [0.2, 0.25) is 5.70 Å². The highest BCUT2D eigenvalue weighted by Gasteiger charge is 2.13. The molecular weight excluding hydrogens is 210 g/mol. The summed E-state index contributed by atoms with van der Waals surface area (Å²) in [5, 5.41) is 10.6. The maximum absolute atomic E-state index is 11.0. The van der Waals surface area contributed by atoms with Crippen molar-refractivity contribution in [2.45, 2.75) is 46.0 Å². The number of carbonyl (C=O) groups is 1. The minimum absolute atomic E-state index is 0.0762. The molecule has 0 aliphatic carbocycles. The van der Waals surface area contributed by atoms with E-state index in [9.17, 15) is 14.9 Å². The average Bonchev–Trinajstić information content (AvgIpc) is 2.23. The van der Waals surface area contributed by atoms with E-state index < -0.39 is 4.92 Å². The Morgan fingerprint density at radius 3 is 2.56 bits per heavy atom. The van der Waals surface area contributed by atoms with Crippen LogP contribution in [0.25, 0.3) is 0 Å². The van der Waals surface area contributed by atoms with Crippen molar-refractivity contribution in [3.63, 3.8) is 0 Å². The van der Waals surface area contributed by atoms with Crippen LogP contribution in [0.15, 0.2) is 11.8 Å². The normalized spacial score (nSPS) is 11.2. The van der Waals surface area contributed by atoms with Crippen LogP contribution in [0.5, 0.6) is 0 Å². The van der Waals surface area contributed by atoms with Crippen LogP contribution in [0.1, 0.15) is 46.0 Å². The summed E-state index contributed by atoms with van der Waals surface area (Å²) in [5.74, 6) is -0.384. The quantitative estimate of drug-likeness (QED) is 0.278. The molecule has 0 spiro atoms. The standard InChI is InChI=1S/C11H19NO4/c1-3-5-6-7-10(12(14)15)8-9-11(13)16-4-2/h7H,3-6,8-9H2,1-2H3/b10-7+. The number of nitro groups is 1. The maximum atomic E-state index is 11.0. The molecular formula is C11H19NO4. The molecule has 0 atom stereocenters. The van der Waals surface area contributed by atoms with Crippen LogP contribution >= 0.6 is 0 Å². The second kappa shape index (κ2) is 8.88. The van der Waals surface area contributed by atoms with Crippen molar-refractivity contribution in [1.82, 2.24) is 0 Å². The third kappa shape index (κ3) is 6.98. The Morgan fingerprint density at radius 2 is 2.06 bits per heavy atom. The molecule has 5 heteroatoms. The summed E-state index contributed by atoms with van der Waals surface area (Å²) in [7, 11) is 0. The molecule has 0 bridgehead atoms. The predicted octanol–water partition coefficient (Wildman–Crippen LogP) is 2.68. The van der Waals surface area contributed by atoms with E-state index in [1.54, 1.807) is 13.0 Å². The Labute approximate surface area is 95.6 Å². The van der Waals surface area contributed by atoms with Gasteiger partial charge in [-0.05, 0) is 25.8 Å². The Morgan fingerprint density at radius 1 is 1.38 bits per heavy atom. The van der Waals surface area contributed by atoms with Crippen molar-refractivity contribution < 1.29 is 14.5 Å². The number of carbonyl (C=O) groups excluding carboxylic acids is 1. The third-order valence-electron chi connectivity index (χ3n) is 2.06. The zero-order valence-corrected chi connectivity index (χ0v) is 9.90. The molecule has 0 amide bonds. The Kier molecular flexibility index (Phi) is 8.11. The highest BCUT2D eigenvalue weighted by Crippen LogP contribution is 2.09. The molecule has 0 radical (unpaired) electrons. The van der Waals surface area contributed by atoms with Crippen LogP contribution in [0.2, 0.25) is 0 Å². The molecule has 0 heterocycles. The van der Waals surface area contributed by atoms with Gasteiger partial charge in [-0.1, -0.05) is 13.3 Å². The number of hydrogen-bond acceptors (Lipinski definition) is 4. The molecule has 0 saturated heterocycles. The zero-order valence-electron chi connectivity index (χ0n) is 9.90. The summed E-state index contributed by atoms with van der Waals surface area (Å²) in [6.07, 6.45) is 4.44. The van der Waals surface area contributed by atoms with Crippen LogP contribution < -0.4 is 0 Å². The van der Waals surface area contributed by atoms with E-state index >= 15 is 0 Å². The van der Waals surface area contributed by atoms with Crippen LogP contribution in [0, 0.1) is 10.1 Å². The molecule has 0 rings (SSSR count). The van der Waals surface area contributed by atoms with Gasteiger partial charge in [0.1, 0.15) is 0 Å². The van der Waals surface area contributed by atoms with Gasteiger partial charge in [-0.2, -0.15) is 0 Å². The molecule has 0 aromatic rings. The van der Waals surface area contributed by atoms with Crippen molar-refractivity contribution in [3.8, 4) is 0 Å². The minimum atomic E-state index is -0.422. The fraction of sp³-hybridized carbons (Fsp3) is 0.727. The van der Waals surface area contributed by atoms with Crippen molar-refractivity contribution in [3.05, 3.63) is 21.9 Å². The van der Waals surface area contributed by atoms with E-state index in [4.69, 9.17) is 4.74 Å². The highest BCUT2D eigenvalue weighted by molar-refractivity contribution is 5.69. The number of hydrogen-bond donors (Lipinski definition) is 0. The molecule has 0 aliphatic heterocycles. The van der Waals surface area contributed by atoms with Gasteiger partial charge >= 0.3 is 5.97 Å². The van der Waals surface area contributed by atoms with Crippen LogP contribution in [-0.2, 0) is 9.53 Å². The van der Waals surface area contributed by atoms with Gasteiger partial charge < -0.3 is 4.74 Å². The molecule has 0 aromatic carbocycles. The first-order valence-electron chi connectivity index (χ1n) is 5.60. The molecule has 0 N–H and O–H groups in total. The molecule has 92 valence electrons. The van der Waals surface area contributed by atoms with Gasteiger partial charge in [0, 0.05) is 6.42 Å². The van der Waals surface area contributed by atoms with Crippen LogP contribution in [-0.4, -0.2) is 17.5 Å². The SMILES string of the molecule is CCCC/C=C(\CCC(=O)OCC)[N+](=O)[O-]. The smallest absolute Gasteiger partial charge is 0.306 e. The Balaban J connectivity index is 4.08. The summed E-state index contributed by atoms with van der Waals surface area (Å²) in [6.45, 7) is 4.05. The lowest BCUT2D eigenvalue weighted by Gasteiger charge is -2.00. The average molecular weight is 229 g/mol. The summed E-state index contributed by atoms with van der Waals surface area (Å²) < 4.78 is 4.71. The highest BCUT2D eigenvalue weighted by atomic mass is 16.6. The van der Waals surface area contributed by atoms with E-state index in [0.29, 0.717) is 13.0 Å². The first-order valence-corrected chi connectivity index (χ1v) is 5.60. The van der Waals surface area contributed by atoms with Crippen molar-refractivity contribution in [2.75, 3.05) is 6.61 Å². The number of unbranched alkanes of at least 4 members (excludes halogenated alkanes) is 2. The molecule has 0 fully saturated rings. The molecule has 0 unspecified atom stereocenters. The second-order valence-electron chi connectivity index (χ2n) is 3.40. The van der Waals surface area contributed by atoms with E-state index in [0.717, 1.165) is 12.8 Å². The molecule has 5 nitrogen and oxygen atoms in total. The largest absolute Gasteiger partial charge is 0.466 e. The minimum Gasteiger partial charge on any atom is -0.466 e. The second-order valence-corrected chi connectivity index (χ2v) is 3.40. The molecule has 0 aromatic heterocycles. The van der Waals surface area contributed by atoms with Gasteiger partial charge in [-0.15, -0.1) is 0 Å². The lowest BCUT2D eigenvalue weighted by atomic mass is 10.2. The first kappa shape index (κ1) is 14.6.